The number of fused-ring (bicyclic) bond motifs is 1. The molecule has 276 valence electrons. The van der Waals surface area contributed by atoms with Crippen molar-refractivity contribution in [3.8, 4) is 22.8 Å². The number of aldehydes is 1. The molecule has 1 aliphatic heterocycles. The van der Waals surface area contributed by atoms with Crippen molar-refractivity contribution in [1.82, 2.24) is 24.8 Å². The number of methoxy groups -OCH3 is 1. The first-order valence-electron chi connectivity index (χ1n) is 17.2. The zero-order chi connectivity index (χ0) is 37.4. The number of amides is 4. The smallest absolute Gasteiger partial charge is 0.405 e. The third kappa shape index (κ3) is 7.89. The van der Waals surface area contributed by atoms with Gasteiger partial charge in [-0.15, -0.1) is 6.58 Å². The normalized spacial score (nSPS) is 22.2. The predicted molar refractivity (Wildman–Crippen MR) is 192 cm³/mol. The molecule has 3 aromatic rings. The number of hydrogen-bond donors (Lipinski definition) is 3. The van der Waals surface area contributed by atoms with Crippen LogP contribution in [-0.4, -0.2) is 102 Å². The van der Waals surface area contributed by atoms with Crippen LogP contribution in [0.15, 0.2) is 67.3 Å². The average molecular weight is 734 g/mol. The summed E-state index contributed by atoms with van der Waals surface area (Å²) in [6.07, 6.45) is 1.58. The van der Waals surface area contributed by atoms with Crippen molar-refractivity contribution < 1.29 is 42.2 Å². The second kappa shape index (κ2) is 14.5. The van der Waals surface area contributed by atoms with Crippen molar-refractivity contribution in [3.05, 3.63) is 67.3 Å². The molecular weight excluding hydrogens is 691 g/mol. The lowest BCUT2D eigenvalue weighted by atomic mass is 9.84. The van der Waals surface area contributed by atoms with E-state index in [9.17, 15) is 32.7 Å². The van der Waals surface area contributed by atoms with E-state index in [1.54, 1.807) is 44.1 Å². The van der Waals surface area contributed by atoms with E-state index in [4.69, 9.17) is 14.5 Å². The standard InChI is InChI=1S/C37H43N5O9S/c1-5-22-15-30(22)42(35(45)40-52(48,49)26-12-13-26)34(44)31-17-25(19-41(31)21-37(2,3)33(20-43)39-36(46)47)51-32-18-28(23-9-7-6-8-10-23)38-29-16-24(50-4)11-14-27(29)32/h5-11,14,16,18,20,22,25-26,30-31,33,39H,1,12-13,15,17,19,21H2,2-4H3,(H,40,45)(H,46,47)/t22?,25-,30?,31+,33-/m1/s1. The van der Waals surface area contributed by atoms with Crippen molar-refractivity contribution in [2.45, 2.75) is 69.0 Å². The van der Waals surface area contributed by atoms with Crippen molar-refractivity contribution in [3.63, 3.8) is 0 Å². The minimum atomic E-state index is -3.97. The van der Waals surface area contributed by atoms with Crippen LogP contribution in [0, 0.1) is 11.3 Å². The van der Waals surface area contributed by atoms with E-state index in [0.717, 1.165) is 10.5 Å². The number of sulfonamides is 1. The van der Waals surface area contributed by atoms with Crippen LogP contribution in [0.4, 0.5) is 9.59 Å². The number of imide groups is 1. The number of urea groups is 1. The first kappa shape index (κ1) is 36.8. The van der Waals surface area contributed by atoms with E-state index in [1.165, 1.54) is 0 Å². The number of aromatic nitrogens is 1. The number of nitrogens with one attached hydrogen (secondary N) is 2. The zero-order valence-corrected chi connectivity index (χ0v) is 30.0. The third-order valence-electron chi connectivity index (χ3n) is 9.95. The Labute approximate surface area is 302 Å². The Balaban J connectivity index is 1.35. The molecule has 6 rings (SSSR count). The Hall–Kier alpha value is -5.02. The van der Waals surface area contributed by atoms with Crippen molar-refractivity contribution in [2.24, 2.45) is 11.3 Å². The van der Waals surface area contributed by atoms with Gasteiger partial charge in [-0.25, -0.2) is 27.7 Å². The van der Waals surface area contributed by atoms with Gasteiger partial charge < -0.3 is 24.7 Å². The van der Waals surface area contributed by atoms with Gasteiger partial charge in [-0.3, -0.25) is 14.6 Å². The van der Waals surface area contributed by atoms with E-state index in [0.29, 0.717) is 53.6 Å². The summed E-state index contributed by atoms with van der Waals surface area (Å²) in [6.45, 7) is 7.44. The average Bonchev–Trinajstić information content (AvgIpc) is 4.05. The van der Waals surface area contributed by atoms with E-state index < -0.39 is 62.9 Å². The highest BCUT2D eigenvalue weighted by Crippen LogP contribution is 2.40. The van der Waals surface area contributed by atoms with Gasteiger partial charge in [0.2, 0.25) is 15.9 Å². The van der Waals surface area contributed by atoms with Crippen LogP contribution in [-0.2, 0) is 19.6 Å². The lowest BCUT2D eigenvalue weighted by Crippen LogP contribution is -2.56. The van der Waals surface area contributed by atoms with Crippen LogP contribution >= 0.6 is 0 Å². The monoisotopic (exact) mass is 733 g/mol. The molecule has 2 heterocycles. The van der Waals surface area contributed by atoms with Gasteiger partial charge in [-0.1, -0.05) is 50.3 Å². The lowest BCUT2D eigenvalue weighted by molar-refractivity contribution is -0.134. The molecule has 3 N–H and O–H groups in total. The van der Waals surface area contributed by atoms with Crippen molar-refractivity contribution in [1.29, 1.82) is 0 Å². The van der Waals surface area contributed by atoms with Crippen molar-refractivity contribution in [2.75, 3.05) is 20.2 Å². The summed E-state index contributed by atoms with van der Waals surface area (Å²) in [5, 5.41) is 11.7. The Morgan fingerprint density at radius 3 is 2.48 bits per heavy atom. The first-order chi connectivity index (χ1) is 24.7. The molecule has 52 heavy (non-hydrogen) atoms. The van der Waals surface area contributed by atoms with Gasteiger partial charge in [0, 0.05) is 54.0 Å². The molecule has 0 radical (unpaired) electrons. The molecule has 2 saturated carbocycles. The Kier molecular flexibility index (Phi) is 10.3. The molecule has 3 aliphatic rings. The number of carbonyl (C=O) groups excluding carboxylic acids is 3. The maximum atomic E-state index is 14.6. The molecule has 2 aliphatic carbocycles. The number of ether oxygens (including phenoxy) is 2. The number of benzene rings is 2. The molecular formula is C37H43N5O9S. The molecule has 0 spiro atoms. The van der Waals surface area contributed by atoms with Crippen LogP contribution in [0.2, 0.25) is 0 Å². The van der Waals surface area contributed by atoms with Gasteiger partial charge in [0.1, 0.15) is 23.9 Å². The summed E-state index contributed by atoms with van der Waals surface area (Å²) < 4.78 is 39.9. The topological polar surface area (TPSA) is 185 Å². The molecule has 1 saturated heterocycles. The summed E-state index contributed by atoms with van der Waals surface area (Å²) in [5.41, 5.74) is 1.11. The van der Waals surface area contributed by atoms with Crippen LogP contribution in [0.3, 0.4) is 0 Å². The minimum absolute atomic E-state index is 0.0574. The SMILES string of the molecule is C=CC1CC1N(C(=O)NS(=O)(=O)C1CC1)C(=O)[C@@H]1C[C@@H](Oc2cc(-c3ccccc3)nc3cc(OC)ccc23)CN1CC(C)(C)[C@@H](C=O)NC(=O)O. The Morgan fingerprint density at radius 2 is 1.87 bits per heavy atom. The van der Waals surface area contributed by atoms with E-state index >= 15 is 0 Å². The predicted octanol–water partition coefficient (Wildman–Crippen LogP) is 4.20. The molecule has 2 aromatic carbocycles. The number of carboxylic acid groups (broad SMARTS) is 1. The molecule has 15 heteroatoms. The maximum absolute atomic E-state index is 14.6. The molecule has 4 amide bonds. The largest absolute Gasteiger partial charge is 0.497 e. The van der Waals surface area contributed by atoms with Crippen LogP contribution in [0.5, 0.6) is 11.5 Å². The highest BCUT2D eigenvalue weighted by molar-refractivity contribution is 7.90. The van der Waals surface area contributed by atoms with Crippen molar-refractivity contribution >= 4 is 45.2 Å². The fraction of sp³-hybridized carbons (Fsp3) is 0.432. The van der Waals surface area contributed by atoms with Gasteiger partial charge >= 0.3 is 12.1 Å². The number of pyridine rings is 1. The maximum Gasteiger partial charge on any atom is 0.405 e. The number of hydrogen-bond acceptors (Lipinski definition) is 10. The van der Waals surface area contributed by atoms with Gasteiger partial charge in [0.15, 0.2) is 0 Å². The third-order valence-corrected chi connectivity index (χ3v) is 11.8. The van der Waals surface area contributed by atoms with E-state index in [2.05, 4.69) is 16.6 Å². The summed E-state index contributed by atoms with van der Waals surface area (Å²) in [7, 11) is -2.40. The second-order valence-electron chi connectivity index (χ2n) is 14.3. The zero-order valence-electron chi connectivity index (χ0n) is 29.2. The van der Waals surface area contributed by atoms with Crippen LogP contribution in [0.1, 0.15) is 39.5 Å². The highest BCUT2D eigenvalue weighted by Gasteiger charge is 2.52. The molecule has 3 fully saturated rings. The Bertz CT molecular complexity index is 1990. The van der Waals surface area contributed by atoms with E-state index in [-0.39, 0.29) is 25.4 Å². The fourth-order valence-electron chi connectivity index (χ4n) is 6.84. The van der Waals surface area contributed by atoms with Gasteiger partial charge in [0.25, 0.3) is 0 Å². The summed E-state index contributed by atoms with van der Waals surface area (Å²) in [5.74, 6) is 0.285. The van der Waals surface area contributed by atoms with Gasteiger partial charge in [-0.05, 0) is 37.3 Å². The summed E-state index contributed by atoms with van der Waals surface area (Å²) >= 11 is 0. The summed E-state index contributed by atoms with van der Waals surface area (Å²) in [6, 6.07) is 13.1. The molecule has 0 bridgehead atoms. The molecule has 5 atom stereocenters. The molecule has 2 unspecified atom stereocenters. The number of carbonyl (C=O) groups is 4. The number of nitrogens with zero attached hydrogens (tertiary/aromatic N) is 3. The van der Waals surface area contributed by atoms with Gasteiger partial charge in [-0.2, -0.15) is 0 Å². The van der Waals surface area contributed by atoms with Crippen LogP contribution < -0.4 is 19.5 Å². The number of rotatable bonds is 14. The Morgan fingerprint density at radius 1 is 1.13 bits per heavy atom. The quantitative estimate of drug-likeness (QED) is 0.159. The second-order valence-corrected chi connectivity index (χ2v) is 16.3. The first-order valence-corrected chi connectivity index (χ1v) is 18.7. The minimum Gasteiger partial charge on any atom is -0.497 e. The molecule has 1 aromatic heterocycles. The van der Waals surface area contributed by atoms with E-state index in [1.807, 2.05) is 42.5 Å². The fourth-order valence-corrected chi connectivity index (χ4v) is 8.11. The highest BCUT2D eigenvalue weighted by atomic mass is 32.2. The summed E-state index contributed by atoms with van der Waals surface area (Å²) in [4.78, 5) is 59.5. The van der Waals surface area contributed by atoms with Gasteiger partial charge in [0.05, 0.1) is 35.7 Å². The molecule has 14 nitrogen and oxygen atoms in total. The number of likely N-dealkylation sites (tertiary alicyclic amines) is 1. The lowest BCUT2D eigenvalue weighted by Gasteiger charge is -2.37. The van der Waals surface area contributed by atoms with Crippen LogP contribution in [0.25, 0.3) is 22.2 Å².